The summed E-state index contributed by atoms with van der Waals surface area (Å²) in [7, 11) is 3.11. The molecule has 0 bridgehead atoms. The van der Waals surface area contributed by atoms with Gasteiger partial charge in [0.2, 0.25) is 0 Å². The maximum absolute atomic E-state index is 12.4. The first kappa shape index (κ1) is 19.7. The van der Waals surface area contributed by atoms with E-state index in [1.807, 2.05) is 0 Å². The molecule has 0 unspecified atom stereocenters. The van der Waals surface area contributed by atoms with Gasteiger partial charge < -0.3 is 23.7 Å². The molecule has 28 heavy (non-hydrogen) atoms. The third kappa shape index (κ3) is 3.67. The van der Waals surface area contributed by atoms with E-state index in [1.165, 1.54) is 0 Å². The second-order valence-electron chi connectivity index (χ2n) is 7.65. The number of methoxy groups -OCH3 is 2. The van der Waals surface area contributed by atoms with E-state index in [0.717, 1.165) is 11.8 Å². The largest absolute Gasteiger partial charge is 0.497 e. The zero-order chi connectivity index (χ0) is 20.5. The van der Waals surface area contributed by atoms with Crippen LogP contribution >= 0.6 is 0 Å². The van der Waals surface area contributed by atoms with E-state index in [2.05, 4.69) is 0 Å². The Kier molecular flexibility index (Phi) is 5.31. The van der Waals surface area contributed by atoms with Crippen LogP contribution in [0.5, 0.6) is 23.0 Å². The molecule has 0 N–H and O–H groups in total. The summed E-state index contributed by atoms with van der Waals surface area (Å²) in [5.74, 6) is 1.21. The fraction of sp³-hybridized carbons (Fsp3) is 0.364. The van der Waals surface area contributed by atoms with Gasteiger partial charge in [-0.3, -0.25) is 4.79 Å². The molecule has 1 heterocycles. The Labute approximate surface area is 164 Å². The van der Waals surface area contributed by atoms with Gasteiger partial charge in [0.25, 0.3) is 0 Å². The number of carbonyl (C=O) groups is 2. The molecule has 148 valence electrons. The molecule has 2 aromatic carbocycles. The molecule has 0 saturated heterocycles. The van der Waals surface area contributed by atoms with Crippen LogP contribution in [0, 0.1) is 5.41 Å². The van der Waals surface area contributed by atoms with Crippen LogP contribution in [0.1, 0.15) is 43.9 Å². The van der Waals surface area contributed by atoms with E-state index < -0.39 is 17.4 Å². The quantitative estimate of drug-likeness (QED) is 0.440. The molecule has 0 saturated carbocycles. The second-order valence-corrected chi connectivity index (χ2v) is 7.65. The maximum atomic E-state index is 12.4. The zero-order valence-electron chi connectivity index (χ0n) is 16.6. The number of ether oxygens (including phenoxy) is 4. The van der Waals surface area contributed by atoms with E-state index >= 15 is 0 Å². The molecule has 1 aliphatic rings. The van der Waals surface area contributed by atoms with E-state index in [1.54, 1.807) is 71.4 Å². The zero-order valence-corrected chi connectivity index (χ0v) is 16.6. The average molecular weight is 384 g/mol. The molecule has 2 aromatic rings. The molecule has 3 rings (SSSR count). The van der Waals surface area contributed by atoms with Gasteiger partial charge in [0.05, 0.1) is 25.6 Å². The number of hydrogen-bond donors (Lipinski definition) is 0. The van der Waals surface area contributed by atoms with Crippen molar-refractivity contribution in [3.05, 3.63) is 47.5 Å². The van der Waals surface area contributed by atoms with Gasteiger partial charge in [0, 0.05) is 11.1 Å². The fourth-order valence-electron chi connectivity index (χ4n) is 3.02. The summed E-state index contributed by atoms with van der Waals surface area (Å²) in [5, 5.41) is 0. The predicted molar refractivity (Wildman–Crippen MR) is 103 cm³/mol. The molecule has 0 fully saturated rings. The van der Waals surface area contributed by atoms with E-state index in [4.69, 9.17) is 18.9 Å². The molecular weight excluding hydrogens is 360 g/mol. The maximum Gasteiger partial charge on any atom is 0.316 e. The fourth-order valence-corrected chi connectivity index (χ4v) is 3.02. The van der Waals surface area contributed by atoms with Gasteiger partial charge in [-0.15, -0.1) is 0 Å². The normalized spacial score (nSPS) is 18.0. The lowest BCUT2D eigenvalue weighted by molar-refractivity contribution is -0.143. The topological polar surface area (TPSA) is 71.1 Å². The van der Waals surface area contributed by atoms with Crippen molar-refractivity contribution < 1.29 is 28.5 Å². The van der Waals surface area contributed by atoms with Crippen LogP contribution in [0.2, 0.25) is 0 Å². The van der Waals surface area contributed by atoms with Gasteiger partial charge in [-0.2, -0.15) is 0 Å². The van der Waals surface area contributed by atoms with E-state index in [0.29, 0.717) is 28.6 Å². The van der Waals surface area contributed by atoms with Gasteiger partial charge in [-0.25, -0.2) is 0 Å². The Morgan fingerprint density at radius 2 is 1.61 bits per heavy atom. The van der Waals surface area contributed by atoms with Crippen LogP contribution in [0.25, 0.3) is 0 Å². The lowest BCUT2D eigenvalue weighted by Crippen LogP contribution is -2.26. The lowest BCUT2D eigenvalue weighted by atomic mass is 9.91. The minimum Gasteiger partial charge on any atom is -0.497 e. The standard InChI is InChI=1S/C22H24O6/c1-22(2,3)21(24)28-19-9-7-14(26-5)11-16(19)20-17(12-23)15-10-13(25-4)6-8-18(15)27-20/h6-12,17,20H,1-5H3/t17-,20+/m0/s1. The summed E-state index contributed by atoms with van der Waals surface area (Å²) < 4.78 is 22.3. The third-order valence-electron chi connectivity index (χ3n) is 4.64. The summed E-state index contributed by atoms with van der Waals surface area (Å²) in [5.41, 5.74) is 0.633. The van der Waals surface area contributed by atoms with Gasteiger partial charge in [-0.05, 0) is 57.2 Å². The van der Waals surface area contributed by atoms with E-state index in [-0.39, 0.29) is 5.97 Å². The number of benzene rings is 2. The van der Waals surface area contributed by atoms with Crippen molar-refractivity contribution in [1.29, 1.82) is 0 Å². The number of esters is 1. The first-order valence-corrected chi connectivity index (χ1v) is 8.98. The molecular formula is C22H24O6. The van der Waals surface area contributed by atoms with Gasteiger partial charge in [-0.1, -0.05) is 0 Å². The summed E-state index contributed by atoms with van der Waals surface area (Å²) in [6.45, 7) is 5.34. The number of hydrogen-bond acceptors (Lipinski definition) is 6. The number of fused-ring (bicyclic) bond motifs is 1. The van der Waals surface area contributed by atoms with Crippen LogP contribution in [-0.4, -0.2) is 26.5 Å². The van der Waals surface area contributed by atoms with Crippen LogP contribution in [-0.2, 0) is 9.59 Å². The van der Waals surface area contributed by atoms with Crippen molar-refractivity contribution in [3.63, 3.8) is 0 Å². The van der Waals surface area contributed by atoms with Gasteiger partial charge >= 0.3 is 5.97 Å². The van der Waals surface area contributed by atoms with Gasteiger partial charge in [0.1, 0.15) is 35.4 Å². The highest BCUT2D eigenvalue weighted by molar-refractivity contribution is 5.78. The second kappa shape index (κ2) is 7.54. The summed E-state index contributed by atoms with van der Waals surface area (Å²) in [6, 6.07) is 10.4. The highest BCUT2D eigenvalue weighted by Gasteiger charge is 2.38. The average Bonchev–Trinajstić information content (AvgIpc) is 3.04. The van der Waals surface area contributed by atoms with Crippen LogP contribution in [0.4, 0.5) is 0 Å². The Balaban J connectivity index is 2.04. The predicted octanol–water partition coefficient (Wildman–Crippen LogP) is 4.07. The smallest absolute Gasteiger partial charge is 0.316 e. The lowest BCUT2D eigenvalue weighted by Gasteiger charge is -2.22. The highest BCUT2D eigenvalue weighted by Crippen LogP contribution is 2.49. The molecule has 0 aliphatic carbocycles. The van der Waals surface area contributed by atoms with Crippen molar-refractivity contribution >= 4 is 12.3 Å². The molecule has 0 spiro atoms. The van der Waals surface area contributed by atoms with Crippen LogP contribution < -0.4 is 18.9 Å². The minimum atomic E-state index is -0.672. The van der Waals surface area contributed by atoms with Crippen molar-refractivity contribution in [2.45, 2.75) is 32.8 Å². The van der Waals surface area contributed by atoms with Crippen molar-refractivity contribution in [2.24, 2.45) is 5.41 Å². The highest BCUT2D eigenvalue weighted by atomic mass is 16.5. The molecule has 0 radical (unpaired) electrons. The molecule has 0 amide bonds. The Hall–Kier alpha value is -3.02. The minimum absolute atomic E-state index is 0.345. The Morgan fingerprint density at radius 1 is 1.00 bits per heavy atom. The number of carbonyl (C=O) groups excluding carboxylic acids is 2. The van der Waals surface area contributed by atoms with Crippen LogP contribution in [0.15, 0.2) is 36.4 Å². The summed E-state index contributed by atoms with van der Waals surface area (Å²) in [4.78, 5) is 24.4. The Bertz CT molecular complexity index is 896. The first-order chi connectivity index (χ1) is 13.3. The molecule has 0 aromatic heterocycles. The molecule has 1 aliphatic heterocycles. The van der Waals surface area contributed by atoms with Gasteiger partial charge in [0.15, 0.2) is 0 Å². The van der Waals surface area contributed by atoms with E-state index in [9.17, 15) is 9.59 Å². The summed E-state index contributed by atoms with van der Waals surface area (Å²) >= 11 is 0. The molecule has 2 atom stereocenters. The first-order valence-electron chi connectivity index (χ1n) is 8.98. The van der Waals surface area contributed by atoms with Crippen LogP contribution in [0.3, 0.4) is 0 Å². The third-order valence-corrected chi connectivity index (χ3v) is 4.64. The van der Waals surface area contributed by atoms with Crippen molar-refractivity contribution in [2.75, 3.05) is 14.2 Å². The molecule has 6 heteroatoms. The summed E-state index contributed by atoms with van der Waals surface area (Å²) in [6.07, 6.45) is 0.197. The monoisotopic (exact) mass is 384 g/mol. The van der Waals surface area contributed by atoms with Crippen molar-refractivity contribution in [1.82, 2.24) is 0 Å². The number of aldehydes is 1. The SMILES string of the molecule is COc1ccc(OC(=O)C(C)(C)C)c([C@H]2Oc3ccc(OC)cc3[C@@H]2C=O)c1. The van der Waals surface area contributed by atoms with Crippen molar-refractivity contribution in [3.8, 4) is 23.0 Å². The Morgan fingerprint density at radius 3 is 2.18 bits per heavy atom. The number of rotatable bonds is 5. The molecule has 6 nitrogen and oxygen atoms in total.